The van der Waals surface area contributed by atoms with E-state index >= 15 is 0 Å². The molecule has 0 atom stereocenters. The van der Waals surface area contributed by atoms with Crippen LogP contribution in [0.5, 0.6) is 0 Å². The standard InChI is InChI=1S/C16H26N2S/c1-16(2,3)14-10-9-12(11-17)15(18-14)19-13-7-5-4-6-8-13/h9-10,13H,4-8,11,17H2,1-3H3. The zero-order valence-electron chi connectivity index (χ0n) is 12.4. The molecule has 0 spiro atoms. The normalized spacial score (nSPS) is 17.7. The molecule has 2 N–H and O–H groups in total. The van der Waals surface area contributed by atoms with Gasteiger partial charge in [0.1, 0.15) is 5.03 Å². The van der Waals surface area contributed by atoms with E-state index in [2.05, 4.69) is 32.9 Å². The Morgan fingerprint density at radius 1 is 1.21 bits per heavy atom. The van der Waals surface area contributed by atoms with Gasteiger partial charge in [0.15, 0.2) is 0 Å². The fourth-order valence-corrected chi connectivity index (χ4v) is 3.82. The van der Waals surface area contributed by atoms with Crippen molar-refractivity contribution in [3.8, 4) is 0 Å². The first-order valence-electron chi connectivity index (χ1n) is 7.38. The first-order chi connectivity index (χ1) is 9.00. The van der Waals surface area contributed by atoms with Gasteiger partial charge in [0.05, 0.1) is 0 Å². The molecule has 0 saturated heterocycles. The molecule has 0 aliphatic heterocycles. The highest BCUT2D eigenvalue weighted by atomic mass is 32.2. The smallest absolute Gasteiger partial charge is 0.101 e. The third kappa shape index (κ3) is 3.96. The number of hydrogen-bond donors (Lipinski definition) is 1. The van der Waals surface area contributed by atoms with Crippen LogP contribution in [0.3, 0.4) is 0 Å². The highest BCUT2D eigenvalue weighted by molar-refractivity contribution is 7.99. The van der Waals surface area contributed by atoms with Gasteiger partial charge in [0.2, 0.25) is 0 Å². The van der Waals surface area contributed by atoms with Crippen LogP contribution in [0.15, 0.2) is 17.2 Å². The summed E-state index contributed by atoms with van der Waals surface area (Å²) in [6.45, 7) is 7.23. The van der Waals surface area contributed by atoms with E-state index in [-0.39, 0.29) is 5.41 Å². The van der Waals surface area contributed by atoms with E-state index < -0.39 is 0 Å². The summed E-state index contributed by atoms with van der Waals surface area (Å²) >= 11 is 1.95. The SMILES string of the molecule is CC(C)(C)c1ccc(CN)c(SC2CCCCC2)n1. The number of pyridine rings is 1. The second-order valence-corrected chi connectivity index (χ2v) is 7.78. The van der Waals surface area contributed by atoms with Crippen molar-refractivity contribution < 1.29 is 0 Å². The summed E-state index contributed by atoms with van der Waals surface area (Å²) in [5.74, 6) is 0. The first-order valence-corrected chi connectivity index (χ1v) is 8.26. The molecule has 1 aromatic heterocycles. The Bertz CT molecular complexity index is 417. The Hall–Kier alpha value is -0.540. The summed E-state index contributed by atoms with van der Waals surface area (Å²) in [6, 6.07) is 4.30. The monoisotopic (exact) mass is 278 g/mol. The van der Waals surface area contributed by atoms with Gasteiger partial charge in [-0.15, -0.1) is 11.8 Å². The van der Waals surface area contributed by atoms with Crippen molar-refractivity contribution >= 4 is 11.8 Å². The van der Waals surface area contributed by atoms with Gasteiger partial charge in [-0.1, -0.05) is 46.1 Å². The van der Waals surface area contributed by atoms with Crippen molar-refractivity contribution in [2.24, 2.45) is 5.73 Å². The Morgan fingerprint density at radius 3 is 2.47 bits per heavy atom. The summed E-state index contributed by atoms with van der Waals surface area (Å²) < 4.78 is 0. The van der Waals surface area contributed by atoms with E-state index in [0.29, 0.717) is 6.54 Å². The summed E-state index contributed by atoms with van der Waals surface area (Å²) in [7, 11) is 0. The van der Waals surface area contributed by atoms with Crippen LogP contribution >= 0.6 is 11.8 Å². The van der Waals surface area contributed by atoms with Gasteiger partial charge in [0.25, 0.3) is 0 Å². The average molecular weight is 278 g/mol. The van der Waals surface area contributed by atoms with Gasteiger partial charge in [-0.2, -0.15) is 0 Å². The predicted molar refractivity (Wildman–Crippen MR) is 83.6 cm³/mol. The van der Waals surface area contributed by atoms with Crippen LogP contribution in [0.4, 0.5) is 0 Å². The number of thioether (sulfide) groups is 1. The Kier molecular flexibility index (Phi) is 4.91. The van der Waals surface area contributed by atoms with Crippen molar-refractivity contribution in [2.45, 2.75) is 75.1 Å². The maximum absolute atomic E-state index is 5.86. The number of hydrogen-bond acceptors (Lipinski definition) is 3. The van der Waals surface area contributed by atoms with Crippen LogP contribution in [-0.2, 0) is 12.0 Å². The minimum atomic E-state index is 0.106. The zero-order chi connectivity index (χ0) is 13.9. The molecule has 0 radical (unpaired) electrons. The van der Waals surface area contributed by atoms with Crippen LogP contribution in [0, 0.1) is 0 Å². The van der Waals surface area contributed by atoms with Crippen LogP contribution < -0.4 is 5.73 Å². The highest BCUT2D eigenvalue weighted by Crippen LogP contribution is 2.35. The van der Waals surface area contributed by atoms with E-state index in [1.165, 1.54) is 48.4 Å². The largest absolute Gasteiger partial charge is 0.326 e. The van der Waals surface area contributed by atoms with Gasteiger partial charge in [-0.05, 0) is 24.5 Å². The molecule has 2 rings (SSSR count). The molecule has 3 heteroatoms. The summed E-state index contributed by atoms with van der Waals surface area (Å²) in [6.07, 6.45) is 6.80. The number of nitrogens with two attached hydrogens (primary N) is 1. The van der Waals surface area contributed by atoms with Gasteiger partial charge in [-0.25, -0.2) is 4.98 Å². The molecule has 1 heterocycles. The van der Waals surface area contributed by atoms with E-state index in [0.717, 1.165) is 5.25 Å². The lowest BCUT2D eigenvalue weighted by molar-refractivity contribution is 0.515. The number of nitrogens with zero attached hydrogens (tertiary/aromatic N) is 1. The van der Waals surface area contributed by atoms with E-state index in [1.54, 1.807) is 0 Å². The maximum Gasteiger partial charge on any atom is 0.101 e. The maximum atomic E-state index is 5.86. The summed E-state index contributed by atoms with van der Waals surface area (Å²) in [4.78, 5) is 4.89. The third-order valence-electron chi connectivity index (χ3n) is 3.76. The van der Waals surface area contributed by atoms with Crippen LogP contribution in [0.2, 0.25) is 0 Å². The van der Waals surface area contributed by atoms with Gasteiger partial charge in [-0.3, -0.25) is 0 Å². The lowest BCUT2D eigenvalue weighted by atomic mass is 9.91. The number of rotatable bonds is 3. The Morgan fingerprint density at radius 2 is 1.89 bits per heavy atom. The van der Waals surface area contributed by atoms with E-state index in [1.807, 2.05) is 11.8 Å². The zero-order valence-corrected chi connectivity index (χ0v) is 13.2. The van der Waals surface area contributed by atoms with E-state index in [4.69, 9.17) is 10.7 Å². The molecule has 1 fully saturated rings. The Labute approximate surface area is 121 Å². The molecule has 1 aromatic rings. The second kappa shape index (κ2) is 6.27. The van der Waals surface area contributed by atoms with Crippen molar-refractivity contribution in [3.63, 3.8) is 0 Å². The molecular weight excluding hydrogens is 252 g/mol. The molecule has 1 aliphatic carbocycles. The van der Waals surface area contributed by atoms with Crippen LogP contribution in [0.25, 0.3) is 0 Å². The van der Waals surface area contributed by atoms with Crippen molar-refractivity contribution in [3.05, 3.63) is 23.4 Å². The summed E-state index contributed by atoms with van der Waals surface area (Å²) in [5, 5.41) is 1.91. The Balaban J connectivity index is 2.20. The molecular formula is C16H26N2S. The number of aromatic nitrogens is 1. The molecule has 1 saturated carbocycles. The average Bonchev–Trinajstić information content (AvgIpc) is 2.39. The minimum absolute atomic E-state index is 0.106. The second-order valence-electron chi connectivity index (χ2n) is 6.49. The fourth-order valence-electron chi connectivity index (χ4n) is 2.49. The first kappa shape index (κ1) is 14.9. The lowest BCUT2D eigenvalue weighted by Gasteiger charge is -2.24. The molecule has 106 valence electrons. The third-order valence-corrected chi connectivity index (χ3v) is 5.14. The van der Waals surface area contributed by atoms with Crippen molar-refractivity contribution in [1.29, 1.82) is 0 Å². The molecule has 1 aliphatic rings. The quantitative estimate of drug-likeness (QED) is 0.897. The fraction of sp³-hybridized carbons (Fsp3) is 0.688. The summed E-state index contributed by atoms with van der Waals surface area (Å²) in [5.41, 5.74) is 8.33. The molecule has 19 heavy (non-hydrogen) atoms. The van der Waals surface area contributed by atoms with Crippen molar-refractivity contribution in [1.82, 2.24) is 4.98 Å². The molecule has 0 bridgehead atoms. The molecule has 0 aromatic carbocycles. The lowest BCUT2D eigenvalue weighted by Crippen LogP contribution is -2.16. The minimum Gasteiger partial charge on any atom is -0.326 e. The molecule has 0 unspecified atom stereocenters. The van der Waals surface area contributed by atoms with Gasteiger partial charge in [0, 0.05) is 22.9 Å². The van der Waals surface area contributed by atoms with Crippen molar-refractivity contribution in [2.75, 3.05) is 0 Å². The van der Waals surface area contributed by atoms with E-state index in [9.17, 15) is 0 Å². The highest BCUT2D eigenvalue weighted by Gasteiger charge is 2.20. The molecule has 0 amide bonds. The van der Waals surface area contributed by atoms with Crippen LogP contribution in [-0.4, -0.2) is 10.2 Å². The van der Waals surface area contributed by atoms with Gasteiger partial charge < -0.3 is 5.73 Å². The van der Waals surface area contributed by atoms with Gasteiger partial charge >= 0.3 is 0 Å². The van der Waals surface area contributed by atoms with Crippen LogP contribution in [0.1, 0.15) is 64.1 Å². The topological polar surface area (TPSA) is 38.9 Å². The molecule has 2 nitrogen and oxygen atoms in total. The predicted octanol–water partition coefficient (Wildman–Crippen LogP) is 4.26.